The van der Waals surface area contributed by atoms with Crippen molar-refractivity contribution < 1.29 is 32.6 Å². The Morgan fingerprint density at radius 3 is 2.54 bits per heavy atom. The number of nitrogens with one attached hydrogen (secondary N) is 1. The van der Waals surface area contributed by atoms with Crippen molar-refractivity contribution in [2.45, 2.75) is 12.7 Å². The number of para-hydroxylation sites is 1. The molecule has 2 atom stereocenters. The van der Waals surface area contributed by atoms with Gasteiger partial charge in [0.15, 0.2) is 0 Å². The number of nitrogens with zero attached hydrogens (tertiary/aromatic N) is 1. The summed E-state index contributed by atoms with van der Waals surface area (Å²) >= 11 is 0. The molecule has 24 heavy (non-hydrogen) atoms. The number of alkyl halides is 3. The van der Waals surface area contributed by atoms with Crippen molar-refractivity contribution in [3.8, 4) is 5.75 Å². The second-order valence-electron chi connectivity index (χ2n) is 5.47. The third kappa shape index (κ3) is 3.90. The van der Waals surface area contributed by atoms with Gasteiger partial charge in [-0.3, -0.25) is 4.79 Å². The molecule has 1 aromatic rings. The van der Waals surface area contributed by atoms with Crippen LogP contribution in [-0.4, -0.2) is 48.4 Å². The maximum absolute atomic E-state index is 12.9. The lowest BCUT2D eigenvalue weighted by Crippen LogP contribution is -2.39. The highest BCUT2D eigenvalue weighted by Crippen LogP contribution is 2.37. The lowest BCUT2D eigenvalue weighted by atomic mass is 9.96. The van der Waals surface area contributed by atoms with E-state index in [1.54, 1.807) is 24.3 Å². The van der Waals surface area contributed by atoms with E-state index in [9.17, 15) is 22.8 Å². The Morgan fingerprint density at radius 2 is 2.00 bits per heavy atom. The number of hydrogen-bond donors (Lipinski definition) is 2. The molecule has 1 aliphatic rings. The van der Waals surface area contributed by atoms with Crippen molar-refractivity contribution in [2.24, 2.45) is 11.8 Å². The van der Waals surface area contributed by atoms with Crippen LogP contribution >= 0.6 is 0 Å². The number of carboxylic acids is 1. The topological polar surface area (TPSA) is 78.9 Å². The first-order valence-corrected chi connectivity index (χ1v) is 7.18. The zero-order chi connectivity index (χ0) is 17.9. The summed E-state index contributed by atoms with van der Waals surface area (Å²) in [6.07, 6.45) is -4.67. The molecule has 0 spiro atoms. The molecule has 0 bridgehead atoms. The van der Waals surface area contributed by atoms with Crippen molar-refractivity contribution in [1.29, 1.82) is 0 Å². The average molecular weight is 346 g/mol. The maximum Gasteiger partial charge on any atom is 0.394 e. The van der Waals surface area contributed by atoms with Crippen LogP contribution in [-0.2, 0) is 11.3 Å². The van der Waals surface area contributed by atoms with Gasteiger partial charge in [0, 0.05) is 25.2 Å². The first-order chi connectivity index (χ1) is 11.2. The Bertz CT molecular complexity index is 621. The molecular formula is C15H17F3N2O4. The van der Waals surface area contributed by atoms with Crippen LogP contribution in [0.2, 0.25) is 0 Å². The summed E-state index contributed by atoms with van der Waals surface area (Å²) in [5, 5.41) is 11.4. The maximum atomic E-state index is 12.9. The number of rotatable bonds is 4. The molecule has 2 amide bonds. The zero-order valence-corrected chi connectivity index (χ0v) is 12.8. The van der Waals surface area contributed by atoms with Crippen molar-refractivity contribution in [1.82, 2.24) is 10.2 Å². The fraction of sp³-hybridized carbons (Fsp3) is 0.467. The van der Waals surface area contributed by atoms with Gasteiger partial charge in [-0.15, -0.1) is 0 Å². The smallest absolute Gasteiger partial charge is 0.394 e. The van der Waals surface area contributed by atoms with E-state index in [0.29, 0.717) is 11.3 Å². The summed E-state index contributed by atoms with van der Waals surface area (Å²) in [6, 6.07) is 6.15. The number of methoxy groups -OCH3 is 1. The molecule has 0 aliphatic carbocycles. The van der Waals surface area contributed by atoms with E-state index in [-0.39, 0.29) is 6.54 Å². The number of ether oxygens (including phenoxy) is 1. The number of carbonyl (C=O) groups excluding carboxylic acids is 1. The van der Waals surface area contributed by atoms with Gasteiger partial charge < -0.3 is 20.1 Å². The third-order valence-electron chi connectivity index (χ3n) is 3.97. The van der Waals surface area contributed by atoms with E-state index in [0.717, 1.165) is 4.90 Å². The van der Waals surface area contributed by atoms with Gasteiger partial charge >= 0.3 is 18.2 Å². The van der Waals surface area contributed by atoms with Gasteiger partial charge in [-0.25, -0.2) is 4.79 Å². The number of amides is 2. The lowest BCUT2D eigenvalue weighted by molar-refractivity contribution is -0.187. The van der Waals surface area contributed by atoms with Crippen molar-refractivity contribution in [2.75, 3.05) is 20.2 Å². The SMILES string of the molecule is COc1ccccc1CNC(=O)N1C[C@@H](C(F)(F)F)[C@H](C(=O)O)C1. The van der Waals surface area contributed by atoms with E-state index in [1.165, 1.54) is 7.11 Å². The molecule has 1 saturated heterocycles. The summed E-state index contributed by atoms with van der Waals surface area (Å²) in [5.41, 5.74) is 0.662. The molecule has 1 aliphatic heterocycles. The number of aliphatic carboxylic acids is 1. The Balaban J connectivity index is 2.01. The standard InChI is InChI=1S/C15H17F3N2O4/c1-24-12-5-3-2-4-9(12)6-19-14(23)20-7-10(13(21)22)11(8-20)15(16,17)18/h2-5,10-11H,6-8H2,1H3,(H,19,23)(H,21,22)/t10-,11-/m1/s1. The number of urea groups is 1. The fourth-order valence-electron chi connectivity index (χ4n) is 2.68. The van der Waals surface area contributed by atoms with Crippen LogP contribution < -0.4 is 10.1 Å². The van der Waals surface area contributed by atoms with Gasteiger partial charge in [-0.05, 0) is 6.07 Å². The van der Waals surface area contributed by atoms with E-state index in [1.807, 2.05) is 0 Å². The highest BCUT2D eigenvalue weighted by Gasteiger charge is 2.53. The number of halogens is 3. The summed E-state index contributed by atoms with van der Waals surface area (Å²) in [7, 11) is 1.46. The van der Waals surface area contributed by atoms with Crippen molar-refractivity contribution in [3.63, 3.8) is 0 Å². The van der Waals surface area contributed by atoms with Gasteiger partial charge in [0.05, 0.1) is 18.9 Å². The van der Waals surface area contributed by atoms with Crippen LogP contribution in [0.5, 0.6) is 5.75 Å². The number of carboxylic acid groups (broad SMARTS) is 1. The predicted octanol–water partition coefficient (Wildman–Crippen LogP) is 2.10. The second-order valence-corrected chi connectivity index (χ2v) is 5.47. The van der Waals surface area contributed by atoms with E-state index >= 15 is 0 Å². The van der Waals surface area contributed by atoms with Crippen LogP contribution in [0.4, 0.5) is 18.0 Å². The molecule has 1 heterocycles. The van der Waals surface area contributed by atoms with Crippen molar-refractivity contribution >= 4 is 12.0 Å². The monoisotopic (exact) mass is 346 g/mol. The fourth-order valence-corrected chi connectivity index (χ4v) is 2.68. The molecule has 1 aromatic carbocycles. The molecule has 2 N–H and O–H groups in total. The van der Waals surface area contributed by atoms with Gasteiger partial charge in [-0.1, -0.05) is 18.2 Å². The molecular weight excluding hydrogens is 329 g/mol. The molecule has 1 fully saturated rings. The Hall–Kier alpha value is -2.45. The third-order valence-corrected chi connectivity index (χ3v) is 3.97. The van der Waals surface area contributed by atoms with Gasteiger partial charge in [-0.2, -0.15) is 13.2 Å². The number of carbonyl (C=O) groups is 2. The van der Waals surface area contributed by atoms with Gasteiger partial charge in [0.1, 0.15) is 5.75 Å². The molecule has 0 saturated carbocycles. The van der Waals surface area contributed by atoms with Crippen LogP contribution in [0.25, 0.3) is 0 Å². The van der Waals surface area contributed by atoms with E-state index in [2.05, 4.69) is 5.32 Å². The summed E-state index contributed by atoms with van der Waals surface area (Å²) < 4.78 is 43.9. The second kappa shape index (κ2) is 6.98. The molecule has 6 nitrogen and oxygen atoms in total. The number of likely N-dealkylation sites (tertiary alicyclic amines) is 1. The highest BCUT2D eigenvalue weighted by atomic mass is 19.4. The van der Waals surface area contributed by atoms with Crippen LogP contribution in [0.15, 0.2) is 24.3 Å². The first kappa shape index (κ1) is 17.9. The lowest BCUT2D eigenvalue weighted by Gasteiger charge is -2.19. The minimum atomic E-state index is -4.67. The summed E-state index contributed by atoms with van der Waals surface area (Å²) in [4.78, 5) is 24.0. The number of benzene rings is 1. The van der Waals surface area contributed by atoms with Gasteiger partial charge in [0.2, 0.25) is 0 Å². The molecule has 132 valence electrons. The van der Waals surface area contributed by atoms with Gasteiger partial charge in [0.25, 0.3) is 0 Å². The summed E-state index contributed by atoms with van der Waals surface area (Å²) in [6.45, 7) is -1.08. The zero-order valence-electron chi connectivity index (χ0n) is 12.8. The molecule has 2 rings (SSSR count). The first-order valence-electron chi connectivity index (χ1n) is 7.18. The molecule has 0 unspecified atom stereocenters. The average Bonchev–Trinajstić information content (AvgIpc) is 2.98. The Labute approximate surface area is 136 Å². The van der Waals surface area contributed by atoms with Crippen LogP contribution in [0, 0.1) is 11.8 Å². The molecule has 9 heteroatoms. The van der Waals surface area contributed by atoms with E-state index in [4.69, 9.17) is 9.84 Å². The largest absolute Gasteiger partial charge is 0.496 e. The predicted molar refractivity (Wildman–Crippen MR) is 77.5 cm³/mol. The minimum absolute atomic E-state index is 0.0633. The number of hydrogen-bond acceptors (Lipinski definition) is 3. The van der Waals surface area contributed by atoms with E-state index < -0.39 is 43.1 Å². The van der Waals surface area contributed by atoms with Crippen LogP contribution in [0.3, 0.4) is 0 Å². The molecule has 0 radical (unpaired) electrons. The normalized spacial score (nSPS) is 20.8. The van der Waals surface area contributed by atoms with Crippen molar-refractivity contribution in [3.05, 3.63) is 29.8 Å². The summed E-state index contributed by atoms with van der Waals surface area (Å²) in [5.74, 6) is -4.73. The minimum Gasteiger partial charge on any atom is -0.496 e. The van der Waals surface area contributed by atoms with Crippen LogP contribution in [0.1, 0.15) is 5.56 Å². The molecule has 0 aromatic heterocycles. The Kier molecular flexibility index (Phi) is 5.20. The highest BCUT2D eigenvalue weighted by molar-refractivity contribution is 5.77. The Morgan fingerprint density at radius 1 is 1.33 bits per heavy atom. The quantitative estimate of drug-likeness (QED) is 0.875.